The predicted octanol–water partition coefficient (Wildman–Crippen LogP) is 3.60. The number of hydrogen-bond acceptors (Lipinski definition) is 3. The number of carbonyl (C=O) groups is 2. The van der Waals surface area contributed by atoms with Gasteiger partial charge in [-0.2, -0.15) is 0 Å². The molecule has 1 N–H and O–H groups in total. The first kappa shape index (κ1) is 18.4. The van der Waals surface area contributed by atoms with E-state index in [0.29, 0.717) is 17.1 Å². The van der Waals surface area contributed by atoms with Crippen LogP contribution in [0.4, 0.5) is 15.8 Å². The number of ether oxygens (including phenoxy) is 1. The van der Waals surface area contributed by atoms with Gasteiger partial charge < -0.3 is 15.0 Å². The largest absolute Gasteiger partial charge is 0.489 e. The van der Waals surface area contributed by atoms with Gasteiger partial charge in [-0.1, -0.05) is 18.2 Å². The van der Waals surface area contributed by atoms with E-state index in [0.717, 1.165) is 0 Å². The molecule has 0 aliphatic heterocycles. The molecule has 5 nitrogen and oxygen atoms in total. The van der Waals surface area contributed by atoms with E-state index in [4.69, 9.17) is 4.74 Å². The van der Waals surface area contributed by atoms with E-state index in [-0.39, 0.29) is 18.6 Å². The van der Waals surface area contributed by atoms with E-state index < -0.39 is 11.7 Å². The zero-order chi connectivity index (χ0) is 18.4. The zero-order valence-electron chi connectivity index (χ0n) is 14.5. The molecule has 0 fully saturated rings. The standard InChI is InChI=1S/C19H21FN2O3/c1-13(2)25-18-10-5-4-9-17(18)21-19(24)12-22(14(3)23)16-8-6-7-15(20)11-16/h4-11,13H,12H2,1-3H3,(H,21,24). The molecule has 25 heavy (non-hydrogen) atoms. The van der Waals surface area contributed by atoms with Crippen molar-refractivity contribution in [2.45, 2.75) is 26.9 Å². The summed E-state index contributed by atoms with van der Waals surface area (Å²) in [6.45, 7) is 4.88. The number of halogens is 1. The topological polar surface area (TPSA) is 58.6 Å². The molecule has 0 atom stereocenters. The summed E-state index contributed by atoms with van der Waals surface area (Å²) in [7, 11) is 0. The third-order valence-corrected chi connectivity index (χ3v) is 3.33. The van der Waals surface area contributed by atoms with Gasteiger partial charge in [0.2, 0.25) is 11.8 Å². The van der Waals surface area contributed by atoms with Gasteiger partial charge in [0.15, 0.2) is 0 Å². The molecule has 0 saturated heterocycles. The fraction of sp³-hybridized carbons (Fsp3) is 0.263. The Morgan fingerprint density at radius 1 is 1.16 bits per heavy atom. The monoisotopic (exact) mass is 344 g/mol. The number of para-hydroxylation sites is 2. The molecule has 0 heterocycles. The summed E-state index contributed by atoms with van der Waals surface area (Å²) < 4.78 is 19.0. The fourth-order valence-electron chi connectivity index (χ4n) is 2.29. The van der Waals surface area contributed by atoms with Crippen LogP contribution >= 0.6 is 0 Å². The number of nitrogens with one attached hydrogen (secondary N) is 1. The lowest BCUT2D eigenvalue weighted by atomic mass is 10.2. The molecule has 0 aromatic heterocycles. The summed E-state index contributed by atoms with van der Waals surface area (Å²) in [5.41, 5.74) is 0.846. The molecule has 0 spiro atoms. The molecule has 6 heteroatoms. The maximum Gasteiger partial charge on any atom is 0.244 e. The van der Waals surface area contributed by atoms with Crippen LogP contribution < -0.4 is 15.0 Å². The van der Waals surface area contributed by atoms with Gasteiger partial charge >= 0.3 is 0 Å². The Balaban J connectivity index is 2.14. The van der Waals surface area contributed by atoms with E-state index in [9.17, 15) is 14.0 Å². The van der Waals surface area contributed by atoms with Crippen LogP contribution in [0.1, 0.15) is 20.8 Å². The first-order valence-corrected chi connectivity index (χ1v) is 7.96. The normalized spacial score (nSPS) is 10.4. The van der Waals surface area contributed by atoms with Gasteiger partial charge in [-0.3, -0.25) is 9.59 Å². The van der Waals surface area contributed by atoms with Crippen LogP contribution in [0.3, 0.4) is 0 Å². The Bertz CT molecular complexity index is 762. The highest BCUT2D eigenvalue weighted by molar-refractivity contribution is 6.02. The van der Waals surface area contributed by atoms with Crippen molar-refractivity contribution in [3.63, 3.8) is 0 Å². The van der Waals surface area contributed by atoms with E-state index >= 15 is 0 Å². The van der Waals surface area contributed by atoms with Gasteiger partial charge in [-0.25, -0.2) is 4.39 Å². The van der Waals surface area contributed by atoms with Gasteiger partial charge in [0.1, 0.15) is 18.1 Å². The molecule has 0 bridgehead atoms. The molecule has 2 aromatic rings. The van der Waals surface area contributed by atoms with E-state index in [1.165, 1.54) is 30.0 Å². The Morgan fingerprint density at radius 2 is 1.88 bits per heavy atom. The van der Waals surface area contributed by atoms with Crippen molar-refractivity contribution >= 4 is 23.2 Å². The number of hydrogen-bond donors (Lipinski definition) is 1. The van der Waals surface area contributed by atoms with E-state index in [2.05, 4.69) is 5.32 Å². The van der Waals surface area contributed by atoms with Crippen molar-refractivity contribution in [3.05, 3.63) is 54.3 Å². The lowest BCUT2D eigenvalue weighted by molar-refractivity contribution is -0.120. The molecular formula is C19H21FN2O3. The van der Waals surface area contributed by atoms with Gasteiger partial charge in [-0.05, 0) is 44.2 Å². The molecular weight excluding hydrogens is 323 g/mol. The second-order valence-electron chi connectivity index (χ2n) is 5.80. The number of benzene rings is 2. The highest BCUT2D eigenvalue weighted by Crippen LogP contribution is 2.25. The molecule has 132 valence electrons. The van der Waals surface area contributed by atoms with Crippen molar-refractivity contribution in [2.75, 3.05) is 16.8 Å². The summed E-state index contributed by atoms with van der Waals surface area (Å²) in [5, 5.41) is 2.73. The summed E-state index contributed by atoms with van der Waals surface area (Å²) in [5.74, 6) is -0.683. The van der Waals surface area contributed by atoms with Crippen molar-refractivity contribution in [3.8, 4) is 5.75 Å². The molecule has 0 saturated carbocycles. The van der Waals surface area contributed by atoms with Gasteiger partial charge in [0.25, 0.3) is 0 Å². The first-order chi connectivity index (χ1) is 11.9. The number of rotatable bonds is 6. The summed E-state index contributed by atoms with van der Waals surface area (Å²) in [4.78, 5) is 25.4. The summed E-state index contributed by atoms with van der Waals surface area (Å²) in [6.07, 6.45) is -0.0425. The lowest BCUT2D eigenvalue weighted by Crippen LogP contribution is -2.36. The Labute approximate surface area is 146 Å². The highest BCUT2D eigenvalue weighted by Gasteiger charge is 2.17. The SMILES string of the molecule is CC(=O)N(CC(=O)Nc1ccccc1OC(C)C)c1cccc(F)c1. The van der Waals surface area contributed by atoms with Crippen LogP contribution in [0.15, 0.2) is 48.5 Å². The van der Waals surface area contributed by atoms with Crippen LogP contribution in [-0.4, -0.2) is 24.5 Å². The smallest absolute Gasteiger partial charge is 0.244 e. The molecule has 0 unspecified atom stereocenters. The van der Waals surface area contributed by atoms with Crippen molar-refractivity contribution in [2.24, 2.45) is 0 Å². The average molecular weight is 344 g/mol. The number of carbonyl (C=O) groups excluding carboxylic acids is 2. The quantitative estimate of drug-likeness (QED) is 0.871. The molecule has 2 amide bonds. The van der Waals surface area contributed by atoms with E-state index in [1.807, 2.05) is 19.9 Å². The molecule has 2 rings (SSSR count). The van der Waals surface area contributed by atoms with Gasteiger partial charge in [0, 0.05) is 12.6 Å². The van der Waals surface area contributed by atoms with Crippen LogP contribution in [-0.2, 0) is 9.59 Å². The Kier molecular flexibility index (Phi) is 6.11. The summed E-state index contributed by atoms with van der Waals surface area (Å²) >= 11 is 0. The van der Waals surface area contributed by atoms with Gasteiger partial charge in [0.05, 0.1) is 11.8 Å². The molecule has 0 aliphatic rings. The zero-order valence-corrected chi connectivity index (χ0v) is 14.5. The maximum atomic E-state index is 13.4. The number of anilines is 2. The molecule has 0 aliphatic carbocycles. The second-order valence-corrected chi connectivity index (χ2v) is 5.80. The van der Waals surface area contributed by atoms with Crippen molar-refractivity contribution < 1.29 is 18.7 Å². The predicted molar refractivity (Wildman–Crippen MR) is 95.3 cm³/mol. The third-order valence-electron chi connectivity index (χ3n) is 3.33. The van der Waals surface area contributed by atoms with Crippen molar-refractivity contribution in [1.82, 2.24) is 0 Å². The van der Waals surface area contributed by atoms with Crippen molar-refractivity contribution in [1.29, 1.82) is 0 Å². The Hall–Kier alpha value is -2.89. The first-order valence-electron chi connectivity index (χ1n) is 7.96. The maximum absolute atomic E-state index is 13.4. The lowest BCUT2D eigenvalue weighted by Gasteiger charge is -2.21. The summed E-state index contributed by atoms with van der Waals surface area (Å²) in [6, 6.07) is 12.6. The van der Waals surface area contributed by atoms with Crippen LogP contribution in [0, 0.1) is 5.82 Å². The van der Waals surface area contributed by atoms with Crippen LogP contribution in [0.25, 0.3) is 0 Å². The van der Waals surface area contributed by atoms with E-state index in [1.54, 1.807) is 24.3 Å². The second kappa shape index (κ2) is 8.28. The van der Waals surface area contributed by atoms with Gasteiger partial charge in [-0.15, -0.1) is 0 Å². The fourth-order valence-corrected chi connectivity index (χ4v) is 2.29. The van der Waals surface area contributed by atoms with Crippen LogP contribution in [0.5, 0.6) is 5.75 Å². The average Bonchev–Trinajstić information content (AvgIpc) is 2.53. The molecule has 0 radical (unpaired) electrons. The minimum absolute atomic E-state index is 0.0425. The minimum atomic E-state index is -0.472. The number of amides is 2. The van der Waals surface area contributed by atoms with Crippen LogP contribution in [0.2, 0.25) is 0 Å². The Morgan fingerprint density at radius 3 is 2.52 bits per heavy atom. The minimum Gasteiger partial charge on any atom is -0.489 e. The number of nitrogens with zero attached hydrogens (tertiary/aromatic N) is 1. The molecule has 2 aromatic carbocycles. The third kappa shape index (κ3) is 5.31. The highest BCUT2D eigenvalue weighted by atomic mass is 19.1.